The van der Waals surface area contributed by atoms with E-state index in [9.17, 15) is 14.7 Å². The molecule has 1 N–H and O–H groups in total. The Hall–Kier alpha value is -2.70. The van der Waals surface area contributed by atoms with Crippen LogP contribution < -0.4 is 0 Å². The van der Waals surface area contributed by atoms with Gasteiger partial charge in [0.05, 0.1) is 11.6 Å². The SMILES string of the molecule is CN(C)CCCN1C(=O)C(=O)/C(=C(/O)c2ccncc2)[C@H]1c1cccc(Cl)c1. The second-order valence-corrected chi connectivity index (χ2v) is 7.38. The predicted octanol–water partition coefficient (Wildman–Crippen LogP) is 3.11. The molecule has 0 unspecified atom stereocenters. The first-order chi connectivity index (χ1) is 13.4. The van der Waals surface area contributed by atoms with E-state index in [0.29, 0.717) is 29.1 Å². The Bertz CT molecular complexity index is 912. The molecule has 1 amide bonds. The van der Waals surface area contributed by atoms with Gasteiger partial charge in [-0.05, 0) is 56.9 Å². The third-order valence-corrected chi connectivity index (χ3v) is 4.90. The molecule has 1 aliphatic rings. The third-order valence-electron chi connectivity index (χ3n) is 4.66. The van der Waals surface area contributed by atoms with Crippen LogP contribution in [0.15, 0.2) is 54.4 Å². The first kappa shape index (κ1) is 20.0. The number of nitrogens with zero attached hydrogens (tertiary/aromatic N) is 3. The van der Waals surface area contributed by atoms with Crippen LogP contribution in [0, 0.1) is 0 Å². The summed E-state index contributed by atoms with van der Waals surface area (Å²) in [7, 11) is 3.90. The Kier molecular flexibility index (Phi) is 6.11. The summed E-state index contributed by atoms with van der Waals surface area (Å²) in [5.74, 6) is -1.51. The van der Waals surface area contributed by atoms with E-state index in [4.69, 9.17) is 11.6 Å². The van der Waals surface area contributed by atoms with Crippen molar-refractivity contribution in [3.63, 3.8) is 0 Å². The van der Waals surface area contributed by atoms with Gasteiger partial charge >= 0.3 is 0 Å². The zero-order chi connectivity index (χ0) is 20.3. The van der Waals surface area contributed by atoms with Crippen molar-refractivity contribution in [2.45, 2.75) is 12.5 Å². The second kappa shape index (κ2) is 8.54. The van der Waals surface area contributed by atoms with E-state index >= 15 is 0 Å². The molecule has 3 rings (SSSR count). The summed E-state index contributed by atoms with van der Waals surface area (Å²) in [4.78, 5) is 33.1. The largest absolute Gasteiger partial charge is 0.507 e. The molecule has 0 saturated carbocycles. The van der Waals surface area contributed by atoms with Gasteiger partial charge in [-0.15, -0.1) is 0 Å². The van der Waals surface area contributed by atoms with E-state index in [1.54, 1.807) is 36.4 Å². The molecule has 0 bridgehead atoms. The van der Waals surface area contributed by atoms with Crippen LogP contribution >= 0.6 is 11.6 Å². The van der Waals surface area contributed by atoms with Gasteiger partial charge in [-0.25, -0.2) is 0 Å². The highest BCUT2D eigenvalue weighted by atomic mass is 35.5. The first-order valence-electron chi connectivity index (χ1n) is 8.99. The zero-order valence-electron chi connectivity index (χ0n) is 15.8. The van der Waals surface area contributed by atoms with E-state index in [0.717, 1.165) is 6.54 Å². The number of amides is 1. The molecule has 1 saturated heterocycles. The monoisotopic (exact) mass is 399 g/mol. The van der Waals surface area contributed by atoms with Crippen LogP contribution in [0.25, 0.3) is 5.76 Å². The van der Waals surface area contributed by atoms with Crippen LogP contribution in [-0.2, 0) is 9.59 Å². The minimum Gasteiger partial charge on any atom is -0.507 e. The lowest BCUT2D eigenvalue weighted by Gasteiger charge is -2.26. The molecule has 0 radical (unpaired) electrons. The molecule has 0 spiro atoms. The Morgan fingerprint density at radius 2 is 1.93 bits per heavy atom. The van der Waals surface area contributed by atoms with Gasteiger partial charge in [0.1, 0.15) is 5.76 Å². The molecule has 28 heavy (non-hydrogen) atoms. The van der Waals surface area contributed by atoms with Gasteiger partial charge < -0.3 is 14.9 Å². The fourth-order valence-electron chi connectivity index (χ4n) is 3.36. The maximum absolute atomic E-state index is 12.8. The van der Waals surface area contributed by atoms with E-state index in [2.05, 4.69) is 4.98 Å². The number of carbonyl (C=O) groups is 2. The van der Waals surface area contributed by atoms with Crippen molar-refractivity contribution in [1.29, 1.82) is 0 Å². The van der Waals surface area contributed by atoms with Crippen molar-refractivity contribution in [2.75, 3.05) is 27.2 Å². The smallest absolute Gasteiger partial charge is 0.295 e. The van der Waals surface area contributed by atoms with E-state index < -0.39 is 17.7 Å². The number of halogens is 1. The van der Waals surface area contributed by atoms with Gasteiger partial charge in [-0.3, -0.25) is 14.6 Å². The Labute approximate surface area is 169 Å². The summed E-state index contributed by atoms with van der Waals surface area (Å²) >= 11 is 6.15. The maximum Gasteiger partial charge on any atom is 0.295 e. The van der Waals surface area contributed by atoms with Crippen LogP contribution in [0.2, 0.25) is 5.02 Å². The summed E-state index contributed by atoms with van der Waals surface area (Å²) in [6, 6.07) is 9.54. The number of aliphatic hydroxyl groups excluding tert-OH is 1. The number of likely N-dealkylation sites (tertiary alicyclic amines) is 1. The standard InChI is InChI=1S/C21H22ClN3O3/c1-24(2)11-4-12-25-18(15-5-3-6-16(22)13-15)17(20(27)21(25)28)19(26)14-7-9-23-10-8-14/h3,5-10,13,18,26H,4,11-12H2,1-2H3/b19-17+/t18-/m1/s1. The van der Waals surface area contributed by atoms with Gasteiger partial charge in [0.25, 0.3) is 11.7 Å². The van der Waals surface area contributed by atoms with Gasteiger partial charge in [-0.2, -0.15) is 0 Å². The number of aromatic nitrogens is 1. The van der Waals surface area contributed by atoms with Gasteiger partial charge in [0.15, 0.2) is 0 Å². The number of carbonyl (C=O) groups excluding carboxylic acids is 2. The molecule has 0 aliphatic carbocycles. The highest BCUT2D eigenvalue weighted by Gasteiger charge is 2.45. The lowest BCUT2D eigenvalue weighted by atomic mass is 9.95. The number of hydrogen-bond donors (Lipinski definition) is 1. The molecule has 1 aromatic heterocycles. The summed E-state index contributed by atoms with van der Waals surface area (Å²) in [6.07, 6.45) is 3.75. The number of benzene rings is 1. The first-order valence-corrected chi connectivity index (χ1v) is 9.37. The van der Waals surface area contributed by atoms with Gasteiger partial charge in [-0.1, -0.05) is 23.7 Å². The van der Waals surface area contributed by atoms with E-state index in [-0.39, 0.29) is 11.3 Å². The fraction of sp³-hybridized carbons (Fsp3) is 0.286. The van der Waals surface area contributed by atoms with E-state index in [1.165, 1.54) is 17.3 Å². The molecule has 1 fully saturated rings. The minimum absolute atomic E-state index is 0.0725. The molecular weight excluding hydrogens is 378 g/mol. The number of pyridine rings is 1. The van der Waals surface area contributed by atoms with Crippen LogP contribution in [0.1, 0.15) is 23.6 Å². The van der Waals surface area contributed by atoms with Crippen LogP contribution in [-0.4, -0.2) is 58.8 Å². The topological polar surface area (TPSA) is 73.7 Å². The zero-order valence-corrected chi connectivity index (χ0v) is 16.6. The molecule has 146 valence electrons. The van der Waals surface area contributed by atoms with Crippen LogP contribution in [0.4, 0.5) is 0 Å². The maximum atomic E-state index is 12.8. The number of aliphatic hydroxyl groups is 1. The van der Waals surface area contributed by atoms with Crippen molar-refractivity contribution >= 4 is 29.1 Å². The van der Waals surface area contributed by atoms with Gasteiger partial charge in [0.2, 0.25) is 0 Å². The molecule has 2 aromatic rings. The molecule has 1 atom stereocenters. The molecule has 2 heterocycles. The van der Waals surface area contributed by atoms with Crippen molar-refractivity contribution in [1.82, 2.24) is 14.8 Å². The van der Waals surface area contributed by atoms with Crippen molar-refractivity contribution in [2.24, 2.45) is 0 Å². The molecule has 1 aliphatic heterocycles. The summed E-state index contributed by atoms with van der Waals surface area (Å²) in [5, 5.41) is 11.4. The summed E-state index contributed by atoms with van der Waals surface area (Å²) in [6.45, 7) is 1.17. The molecule has 1 aromatic carbocycles. The Morgan fingerprint density at radius 1 is 1.21 bits per heavy atom. The van der Waals surface area contributed by atoms with Crippen molar-refractivity contribution in [3.8, 4) is 0 Å². The fourth-order valence-corrected chi connectivity index (χ4v) is 3.56. The number of ketones is 1. The average molecular weight is 400 g/mol. The van der Waals surface area contributed by atoms with Crippen LogP contribution in [0.3, 0.4) is 0 Å². The van der Waals surface area contributed by atoms with E-state index in [1.807, 2.05) is 19.0 Å². The summed E-state index contributed by atoms with van der Waals surface area (Å²) < 4.78 is 0. The number of Topliss-reactive ketones (excluding diaryl/α,β-unsaturated/α-hetero) is 1. The summed E-state index contributed by atoms with van der Waals surface area (Å²) in [5.41, 5.74) is 1.20. The predicted molar refractivity (Wildman–Crippen MR) is 108 cm³/mol. The molecule has 6 nitrogen and oxygen atoms in total. The highest BCUT2D eigenvalue weighted by molar-refractivity contribution is 6.46. The molecular formula is C21H22ClN3O3. The third kappa shape index (κ3) is 4.08. The van der Waals surface area contributed by atoms with Gasteiger partial charge in [0, 0.05) is 29.5 Å². The quantitative estimate of drug-likeness (QED) is 0.459. The van der Waals surface area contributed by atoms with Crippen LogP contribution in [0.5, 0.6) is 0 Å². The second-order valence-electron chi connectivity index (χ2n) is 6.94. The minimum atomic E-state index is -0.691. The Morgan fingerprint density at radius 3 is 2.57 bits per heavy atom. The number of rotatable bonds is 6. The lowest BCUT2D eigenvalue weighted by molar-refractivity contribution is -0.139. The lowest BCUT2D eigenvalue weighted by Crippen LogP contribution is -2.32. The van der Waals surface area contributed by atoms with Crippen molar-refractivity contribution < 1.29 is 14.7 Å². The normalized spacial score (nSPS) is 18.9. The number of hydrogen-bond acceptors (Lipinski definition) is 5. The molecule has 7 heteroatoms. The highest BCUT2D eigenvalue weighted by Crippen LogP contribution is 2.39. The van der Waals surface area contributed by atoms with Crippen molar-refractivity contribution in [3.05, 3.63) is 70.5 Å². The average Bonchev–Trinajstić information content (AvgIpc) is 2.93. The Balaban J connectivity index is 2.08.